The van der Waals surface area contributed by atoms with Crippen molar-refractivity contribution in [3.8, 4) is 11.5 Å². The van der Waals surface area contributed by atoms with Crippen LogP contribution in [-0.4, -0.2) is 34.0 Å². The second-order valence-electron chi connectivity index (χ2n) is 4.34. The van der Waals surface area contributed by atoms with E-state index >= 15 is 0 Å². The molecule has 0 heterocycles. The summed E-state index contributed by atoms with van der Waals surface area (Å²) >= 11 is 0. The number of aliphatic imine (C=N–C) groups is 1. The maximum Gasteiger partial charge on any atom is 0.312 e. The second-order valence-corrected chi connectivity index (χ2v) is 4.34. The lowest BCUT2D eigenvalue weighted by molar-refractivity contribution is -0.140. The summed E-state index contributed by atoms with van der Waals surface area (Å²) in [5.41, 5.74) is 0.259. The van der Waals surface area contributed by atoms with E-state index in [1.807, 2.05) is 0 Å². The van der Waals surface area contributed by atoms with Gasteiger partial charge in [-0.2, -0.15) is 0 Å². The molecular formula is C13H17NO4. The Labute approximate surface area is 105 Å². The number of rotatable bonds is 4. The molecule has 5 nitrogen and oxygen atoms in total. The Kier molecular flexibility index (Phi) is 4.31. The summed E-state index contributed by atoms with van der Waals surface area (Å²) in [6.45, 7) is 3.50. The Morgan fingerprint density at radius 1 is 1.22 bits per heavy atom. The molecule has 1 rings (SSSR count). The first-order chi connectivity index (χ1) is 8.40. The van der Waals surface area contributed by atoms with Crippen molar-refractivity contribution in [3.63, 3.8) is 0 Å². The van der Waals surface area contributed by atoms with E-state index < -0.39 is 11.9 Å². The topological polar surface area (TPSA) is 90.1 Å². The molecule has 1 aromatic carbocycles. The van der Waals surface area contributed by atoms with E-state index in [0.29, 0.717) is 0 Å². The van der Waals surface area contributed by atoms with Crippen LogP contribution >= 0.6 is 0 Å². The Morgan fingerprint density at radius 3 is 2.06 bits per heavy atom. The van der Waals surface area contributed by atoms with E-state index in [-0.39, 0.29) is 28.7 Å². The van der Waals surface area contributed by atoms with Gasteiger partial charge in [-0.05, 0) is 18.1 Å². The normalized spacial score (nSPS) is 13.7. The highest BCUT2D eigenvalue weighted by Gasteiger charge is 2.31. The largest absolute Gasteiger partial charge is 0.507 e. The van der Waals surface area contributed by atoms with Crippen LogP contribution in [-0.2, 0) is 4.79 Å². The van der Waals surface area contributed by atoms with Gasteiger partial charge < -0.3 is 15.3 Å². The summed E-state index contributed by atoms with van der Waals surface area (Å²) in [7, 11) is 1.44. The molecule has 0 radical (unpaired) electrons. The van der Waals surface area contributed by atoms with Crippen LogP contribution in [0.2, 0.25) is 0 Å². The molecule has 0 aromatic heterocycles. The van der Waals surface area contributed by atoms with Gasteiger partial charge in [0.2, 0.25) is 0 Å². The van der Waals surface area contributed by atoms with Crippen LogP contribution in [0, 0.1) is 11.8 Å². The van der Waals surface area contributed by atoms with Crippen molar-refractivity contribution >= 4 is 11.7 Å². The molecule has 0 fully saturated rings. The molecule has 0 aliphatic carbocycles. The van der Waals surface area contributed by atoms with Crippen LogP contribution in [0.25, 0.3) is 0 Å². The third kappa shape index (κ3) is 2.61. The third-order valence-electron chi connectivity index (χ3n) is 2.74. The van der Waals surface area contributed by atoms with Crippen molar-refractivity contribution in [1.82, 2.24) is 0 Å². The molecule has 5 heteroatoms. The molecular weight excluding hydrogens is 234 g/mol. The van der Waals surface area contributed by atoms with Gasteiger partial charge in [-0.25, -0.2) is 0 Å². The first-order valence-electron chi connectivity index (χ1n) is 5.61. The molecule has 0 saturated carbocycles. The van der Waals surface area contributed by atoms with Crippen LogP contribution < -0.4 is 0 Å². The molecule has 3 N–H and O–H groups in total. The van der Waals surface area contributed by atoms with Crippen molar-refractivity contribution in [2.75, 3.05) is 7.05 Å². The van der Waals surface area contributed by atoms with Crippen LogP contribution in [0.15, 0.2) is 23.2 Å². The highest BCUT2D eigenvalue weighted by molar-refractivity contribution is 6.14. The minimum atomic E-state index is -1.03. The lowest BCUT2D eigenvalue weighted by Gasteiger charge is -2.20. The molecule has 0 spiro atoms. The third-order valence-corrected chi connectivity index (χ3v) is 2.74. The number of phenolic OH excluding ortho intramolecular Hbond substituents is 2. The van der Waals surface area contributed by atoms with Gasteiger partial charge in [-0.15, -0.1) is 0 Å². The summed E-state index contributed by atoms with van der Waals surface area (Å²) in [5.74, 6) is -2.48. The summed E-state index contributed by atoms with van der Waals surface area (Å²) in [5, 5.41) is 28.8. The van der Waals surface area contributed by atoms with E-state index in [1.54, 1.807) is 13.8 Å². The summed E-state index contributed by atoms with van der Waals surface area (Å²) < 4.78 is 0. The Balaban J connectivity index is 3.39. The summed E-state index contributed by atoms with van der Waals surface area (Å²) in [6.07, 6.45) is 0. The van der Waals surface area contributed by atoms with Crippen LogP contribution in [0.3, 0.4) is 0 Å². The molecule has 98 valence electrons. The van der Waals surface area contributed by atoms with Gasteiger partial charge in [0.25, 0.3) is 0 Å². The molecule has 1 atom stereocenters. The maximum atomic E-state index is 11.3. The maximum absolute atomic E-state index is 11.3. The number of hydrogen-bond donors (Lipinski definition) is 3. The van der Waals surface area contributed by atoms with Crippen LogP contribution in [0.5, 0.6) is 11.5 Å². The monoisotopic (exact) mass is 251 g/mol. The van der Waals surface area contributed by atoms with Crippen molar-refractivity contribution < 1.29 is 20.1 Å². The van der Waals surface area contributed by atoms with Crippen molar-refractivity contribution in [1.29, 1.82) is 0 Å². The van der Waals surface area contributed by atoms with Crippen molar-refractivity contribution in [2.45, 2.75) is 13.8 Å². The lowest BCUT2D eigenvalue weighted by atomic mass is 9.86. The molecule has 1 unspecified atom stereocenters. The molecule has 18 heavy (non-hydrogen) atoms. The first-order valence-corrected chi connectivity index (χ1v) is 5.61. The average Bonchev–Trinajstić information content (AvgIpc) is 2.25. The number of hydrogen-bond acceptors (Lipinski definition) is 4. The van der Waals surface area contributed by atoms with Crippen molar-refractivity contribution in [2.24, 2.45) is 16.8 Å². The van der Waals surface area contributed by atoms with Gasteiger partial charge in [-0.3, -0.25) is 9.79 Å². The molecule has 0 amide bonds. The quantitative estimate of drug-likeness (QED) is 0.712. The average molecular weight is 251 g/mol. The number of aliphatic carboxylic acids is 1. The fourth-order valence-electron chi connectivity index (χ4n) is 1.91. The number of phenols is 2. The Hall–Kier alpha value is -2.04. The molecule has 0 aliphatic rings. The number of carboxylic acid groups (broad SMARTS) is 1. The zero-order valence-electron chi connectivity index (χ0n) is 10.6. The molecule has 0 saturated heterocycles. The van der Waals surface area contributed by atoms with Gasteiger partial charge in [0.15, 0.2) is 0 Å². The van der Waals surface area contributed by atoms with Crippen LogP contribution in [0.4, 0.5) is 0 Å². The highest BCUT2D eigenvalue weighted by atomic mass is 16.4. The molecule has 1 aromatic rings. The highest BCUT2D eigenvalue weighted by Crippen LogP contribution is 2.31. The van der Waals surface area contributed by atoms with Gasteiger partial charge in [-0.1, -0.05) is 19.9 Å². The SMILES string of the molecule is C/N=C(/c1c(O)cccc1O)C(C(=O)O)C(C)C. The number of benzene rings is 1. The van der Waals surface area contributed by atoms with Gasteiger partial charge in [0.1, 0.15) is 17.4 Å². The Bertz CT molecular complexity index is 460. The van der Waals surface area contributed by atoms with Gasteiger partial charge >= 0.3 is 5.97 Å². The van der Waals surface area contributed by atoms with E-state index in [2.05, 4.69) is 4.99 Å². The molecule has 0 aliphatic heterocycles. The second kappa shape index (κ2) is 5.53. The summed E-state index contributed by atoms with van der Waals surface area (Å²) in [4.78, 5) is 15.2. The smallest absolute Gasteiger partial charge is 0.312 e. The van der Waals surface area contributed by atoms with E-state index in [9.17, 15) is 20.1 Å². The zero-order chi connectivity index (χ0) is 13.9. The first kappa shape index (κ1) is 14.0. The van der Waals surface area contributed by atoms with Gasteiger partial charge in [0, 0.05) is 7.05 Å². The predicted octanol–water partition coefficient (Wildman–Crippen LogP) is 1.87. The van der Waals surface area contributed by atoms with Crippen LogP contribution in [0.1, 0.15) is 19.4 Å². The van der Waals surface area contributed by atoms with Gasteiger partial charge in [0.05, 0.1) is 11.3 Å². The number of carbonyl (C=O) groups is 1. The predicted molar refractivity (Wildman–Crippen MR) is 68.2 cm³/mol. The van der Waals surface area contributed by atoms with Crippen molar-refractivity contribution in [3.05, 3.63) is 23.8 Å². The minimum Gasteiger partial charge on any atom is -0.507 e. The van der Waals surface area contributed by atoms with E-state index in [4.69, 9.17) is 0 Å². The van der Waals surface area contributed by atoms with E-state index in [0.717, 1.165) is 0 Å². The lowest BCUT2D eigenvalue weighted by Crippen LogP contribution is -2.29. The standard InChI is InChI=1S/C13H17NO4/c1-7(2)10(13(17)18)12(14-3)11-8(15)5-4-6-9(11)16/h4-7,10,15-16H,1-3H3,(H,17,18)/b14-12+. The number of carboxylic acids is 1. The summed E-state index contributed by atoms with van der Waals surface area (Å²) in [6, 6.07) is 4.26. The molecule has 0 bridgehead atoms. The van der Waals surface area contributed by atoms with E-state index in [1.165, 1.54) is 25.2 Å². The number of aromatic hydroxyl groups is 2. The Morgan fingerprint density at radius 2 is 1.72 bits per heavy atom. The fourth-order valence-corrected chi connectivity index (χ4v) is 1.91. The zero-order valence-corrected chi connectivity index (χ0v) is 10.6. The fraction of sp³-hybridized carbons (Fsp3) is 0.385. The minimum absolute atomic E-state index is 0.0844. The number of nitrogens with zero attached hydrogens (tertiary/aromatic N) is 1.